The summed E-state index contributed by atoms with van der Waals surface area (Å²) in [6, 6.07) is 3.72. The molecule has 2 rings (SSSR count). The minimum Gasteiger partial charge on any atom is -0.508 e. The van der Waals surface area contributed by atoms with E-state index in [4.69, 9.17) is 5.73 Å². The van der Waals surface area contributed by atoms with Gasteiger partial charge in [0.05, 0.1) is 28.1 Å². The minimum absolute atomic E-state index is 0.0744. The van der Waals surface area contributed by atoms with Crippen LogP contribution in [0.4, 0.5) is 11.4 Å². The summed E-state index contributed by atoms with van der Waals surface area (Å²) in [5.74, 6) is -0.0744. The van der Waals surface area contributed by atoms with Crippen molar-refractivity contribution in [3.63, 3.8) is 0 Å². The number of nitrogens with one attached hydrogen (secondary N) is 1. The topological polar surface area (TPSA) is 118 Å². The average molecular weight is 220 g/mol. The van der Waals surface area contributed by atoms with Gasteiger partial charge in [0.2, 0.25) is 0 Å². The molecule has 0 atom stereocenters. The first-order chi connectivity index (χ1) is 7.59. The summed E-state index contributed by atoms with van der Waals surface area (Å²) in [7, 11) is 0. The van der Waals surface area contributed by atoms with E-state index in [9.17, 15) is 15.2 Å². The Kier molecular flexibility index (Phi) is 2.20. The van der Waals surface area contributed by atoms with Gasteiger partial charge in [0.1, 0.15) is 5.75 Å². The first-order valence-corrected chi connectivity index (χ1v) is 4.36. The Morgan fingerprint density at radius 2 is 2.25 bits per heavy atom. The Morgan fingerprint density at radius 1 is 1.50 bits per heavy atom. The van der Waals surface area contributed by atoms with E-state index in [2.05, 4.69) is 10.2 Å². The Bertz CT molecular complexity index is 549. The summed E-state index contributed by atoms with van der Waals surface area (Å²) in [6.07, 6.45) is 1.35. The number of nitrogen functional groups attached to an aromatic ring is 1. The van der Waals surface area contributed by atoms with Crippen LogP contribution in [0.25, 0.3) is 11.3 Å². The van der Waals surface area contributed by atoms with Crippen LogP contribution in [0, 0.1) is 10.1 Å². The molecule has 7 nitrogen and oxygen atoms in total. The largest absolute Gasteiger partial charge is 0.508 e. The molecule has 0 aliphatic heterocycles. The zero-order valence-corrected chi connectivity index (χ0v) is 8.04. The van der Waals surface area contributed by atoms with Gasteiger partial charge in [-0.3, -0.25) is 15.2 Å². The number of phenols is 1. The summed E-state index contributed by atoms with van der Waals surface area (Å²) < 4.78 is 0. The number of aromatic hydroxyl groups is 1. The van der Waals surface area contributed by atoms with Crippen LogP contribution in [-0.2, 0) is 0 Å². The van der Waals surface area contributed by atoms with Crippen LogP contribution in [0.15, 0.2) is 24.4 Å². The van der Waals surface area contributed by atoms with Crippen molar-refractivity contribution in [1.82, 2.24) is 10.2 Å². The summed E-state index contributed by atoms with van der Waals surface area (Å²) >= 11 is 0. The first-order valence-electron chi connectivity index (χ1n) is 4.36. The molecule has 0 radical (unpaired) electrons. The van der Waals surface area contributed by atoms with Crippen molar-refractivity contribution in [2.24, 2.45) is 0 Å². The van der Waals surface area contributed by atoms with E-state index in [0.717, 1.165) is 0 Å². The van der Waals surface area contributed by atoms with Crippen LogP contribution in [0.1, 0.15) is 0 Å². The highest BCUT2D eigenvalue weighted by atomic mass is 16.6. The number of anilines is 1. The van der Waals surface area contributed by atoms with Crippen LogP contribution in [0.5, 0.6) is 5.75 Å². The highest BCUT2D eigenvalue weighted by Crippen LogP contribution is 2.34. The number of benzene rings is 1. The fraction of sp³-hybridized carbons (Fsp3) is 0. The van der Waals surface area contributed by atoms with E-state index in [-0.39, 0.29) is 22.7 Å². The molecule has 0 bridgehead atoms. The maximum Gasteiger partial charge on any atom is 0.279 e. The highest BCUT2D eigenvalue weighted by molar-refractivity contribution is 5.79. The molecular formula is C9H8N4O3. The quantitative estimate of drug-likeness (QED) is 0.520. The van der Waals surface area contributed by atoms with Gasteiger partial charge in [0.15, 0.2) is 0 Å². The van der Waals surface area contributed by atoms with Gasteiger partial charge in [-0.25, -0.2) is 0 Å². The zero-order valence-electron chi connectivity index (χ0n) is 8.04. The SMILES string of the molecule is Nc1cn[nH]c1-c1cc(O)ccc1[N+](=O)[O-]. The minimum atomic E-state index is -0.547. The standard InChI is InChI=1S/C9H8N4O3/c10-7-4-11-12-9(7)6-3-5(14)1-2-8(6)13(15)16/h1-4,14H,10H2,(H,11,12). The number of nitro groups is 1. The van der Waals surface area contributed by atoms with Crippen LogP contribution in [0.3, 0.4) is 0 Å². The smallest absolute Gasteiger partial charge is 0.279 e. The van der Waals surface area contributed by atoms with Crippen molar-refractivity contribution in [2.45, 2.75) is 0 Å². The highest BCUT2D eigenvalue weighted by Gasteiger charge is 2.18. The molecule has 82 valence electrons. The van der Waals surface area contributed by atoms with Crippen molar-refractivity contribution in [1.29, 1.82) is 0 Å². The van der Waals surface area contributed by atoms with Gasteiger partial charge in [0, 0.05) is 6.07 Å². The Morgan fingerprint density at radius 3 is 2.81 bits per heavy atom. The Labute approximate surface area is 89.7 Å². The van der Waals surface area contributed by atoms with Gasteiger partial charge in [-0.15, -0.1) is 0 Å². The fourth-order valence-electron chi connectivity index (χ4n) is 1.39. The second kappa shape index (κ2) is 3.54. The van der Waals surface area contributed by atoms with Gasteiger partial charge in [-0.2, -0.15) is 5.10 Å². The molecule has 4 N–H and O–H groups in total. The maximum absolute atomic E-state index is 10.8. The number of H-pyrrole nitrogens is 1. The van der Waals surface area contributed by atoms with E-state index >= 15 is 0 Å². The monoisotopic (exact) mass is 220 g/mol. The number of nitrogens with two attached hydrogens (primary N) is 1. The molecular weight excluding hydrogens is 212 g/mol. The molecule has 1 aromatic heterocycles. The predicted octanol–water partition coefficient (Wildman–Crippen LogP) is 1.27. The molecule has 0 aliphatic carbocycles. The molecule has 2 aromatic rings. The molecule has 1 heterocycles. The molecule has 0 fully saturated rings. The van der Waals surface area contributed by atoms with Gasteiger partial charge in [0.25, 0.3) is 5.69 Å². The van der Waals surface area contributed by atoms with Crippen LogP contribution < -0.4 is 5.73 Å². The molecule has 0 saturated heterocycles. The summed E-state index contributed by atoms with van der Waals surface area (Å²) in [6.45, 7) is 0. The van der Waals surface area contributed by atoms with Gasteiger partial charge < -0.3 is 10.8 Å². The summed E-state index contributed by atoms with van der Waals surface area (Å²) in [5, 5.41) is 26.3. The molecule has 1 aromatic carbocycles. The maximum atomic E-state index is 10.8. The Hall–Kier alpha value is -2.57. The van der Waals surface area contributed by atoms with E-state index < -0.39 is 4.92 Å². The lowest BCUT2D eigenvalue weighted by Crippen LogP contribution is -1.94. The lowest BCUT2D eigenvalue weighted by molar-refractivity contribution is -0.384. The van der Waals surface area contributed by atoms with E-state index in [0.29, 0.717) is 5.69 Å². The third kappa shape index (κ3) is 1.54. The second-order valence-corrected chi connectivity index (χ2v) is 3.16. The molecule has 0 saturated carbocycles. The van der Waals surface area contributed by atoms with Crippen molar-refractivity contribution in [3.8, 4) is 17.0 Å². The molecule has 0 unspecified atom stereocenters. The molecule has 0 aliphatic rings. The molecule has 16 heavy (non-hydrogen) atoms. The summed E-state index contributed by atoms with van der Waals surface area (Å²) in [4.78, 5) is 10.2. The third-order valence-electron chi connectivity index (χ3n) is 2.11. The van der Waals surface area contributed by atoms with Crippen molar-refractivity contribution in [2.75, 3.05) is 5.73 Å². The van der Waals surface area contributed by atoms with E-state index in [1.807, 2.05) is 0 Å². The van der Waals surface area contributed by atoms with Crippen LogP contribution in [-0.4, -0.2) is 20.2 Å². The number of hydrogen-bond acceptors (Lipinski definition) is 5. The van der Waals surface area contributed by atoms with Crippen LogP contribution >= 0.6 is 0 Å². The van der Waals surface area contributed by atoms with Gasteiger partial charge in [-0.05, 0) is 12.1 Å². The van der Waals surface area contributed by atoms with E-state index in [1.54, 1.807) is 0 Å². The van der Waals surface area contributed by atoms with E-state index in [1.165, 1.54) is 24.4 Å². The number of aromatic amines is 1. The van der Waals surface area contributed by atoms with Crippen LogP contribution in [0.2, 0.25) is 0 Å². The van der Waals surface area contributed by atoms with Gasteiger partial charge >= 0.3 is 0 Å². The predicted molar refractivity (Wildman–Crippen MR) is 56.8 cm³/mol. The van der Waals surface area contributed by atoms with Crippen molar-refractivity contribution in [3.05, 3.63) is 34.5 Å². The van der Waals surface area contributed by atoms with Crippen molar-refractivity contribution >= 4 is 11.4 Å². The number of nitro benzene ring substituents is 1. The number of nitrogens with zero attached hydrogens (tertiary/aromatic N) is 2. The molecule has 0 amide bonds. The first kappa shape index (κ1) is 9.97. The lowest BCUT2D eigenvalue weighted by Gasteiger charge is -2.02. The number of phenolic OH excluding ortho intramolecular Hbond substituents is 1. The second-order valence-electron chi connectivity index (χ2n) is 3.16. The molecule has 7 heteroatoms. The number of rotatable bonds is 2. The average Bonchev–Trinajstić information content (AvgIpc) is 2.63. The fourth-order valence-corrected chi connectivity index (χ4v) is 1.39. The number of aromatic nitrogens is 2. The van der Waals surface area contributed by atoms with Gasteiger partial charge in [-0.1, -0.05) is 0 Å². The molecule has 0 spiro atoms. The normalized spacial score (nSPS) is 10.2. The lowest BCUT2D eigenvalue weighted by atomic mass is 10.1. The summed E-state index contributed by atoms with van der Waals surface area (Å²) in [5.41, 5.74) is 6.27. The number of hydrogen-bond donors (Lipinski definition) is 3. The third-order valence-corrected chi connectivity index (χ3v) is 2.11. The zero-order chi connectivity index (χ0) is 11.7. The van der Waals surface area contributed by atoms with Crippen molar-refractivity contribution < 1.29 is 10.0 Å². The Balaban J connectivity index is 2.67.